The summed E-state index contributed by atoms with van der Waals surface area (Å²) < 4.78 is 5.04. The number of esters is 1. The minimum absolute atomic E-state index is 0.0179. The van der Waals surface area contributed by atoms with Crippen molar-refractivity contribution in [1.82, 2.24) is 16.0 Å². The van der Waals surface area contributed by atoms with Crippen molar-refractivity contribution in [2.45, 2.75) is 77.9 Å². The second kappa shape index (κ2) is 12.8. The highest BCUT2D eigenvalue weighted by Crippen LogP contribution is 2.33. The molecule has 1 aliphatic rings. The number of ether oxygens (including phenoxy) is 1. The lowest BCUT2D eigenvalue weighted by molar-refractivity contribution is -0.148. The van der Waals surface area contributed by atoms with Gasteiger partial charge in [-0.2, -0.15) is 0 Å². The third-order valence-electron chi connectivity index (χ3n) is 4.81. The van der Waals surface area contributed by atoms with E-state index in [1.807, 2.05) is 13.8 Å². The number of rotatable bonds is 14. The Morgan fingerprint density at radius 3 is 2.13 bits per heavy atom. The molecule has 0 saturated heterocycles. The molecule has 3 amide bonds. The summed E-state index contributed by atoms with van der Waals surface area (Å²) in [6.45, 7) is 6.95. The summed E-state index contributed by atoms with van der Waals surface area (Å²) >= 11 is 0. The first kappa shape index (κ1) is 26.3. The second-order valence-electron chi connectivity index (χ2n) is 8.17. The average Bonchev–Trinajstić information content (AvgIpc) is 3.52. The number of nitrogens with one attached hydrogen (secondary N) is 4. The Bertz CT molecular complexity index is 689. The van der Waals surface area contributed by atoms with Crippen LogP contribution in [0.3, 0.4) is 0 Å². The van der Waals surface area contributed by atoms with Gasteiger partial charge in [-0.1, -0.05) is 13.8 Å². The Hall–Kier alpha value is -2.78. The van der Waals surface area contributed by atoms with Crippen molar-refractivity contribution in [3.8, 4) is 0 Å². The Kier molecular flexibility index (Phi) is 10.8. The minimum Gasteiger partial charge on any atom is -0.464 e. The number of hydrogen-bond acceptors (Lipinski definition) is 7. The smallest absolute Gasteiger partial charge is 0.328 e. The molecule has 0 aliphatic heterocycles. The topological polar surface area (TPSA) is 155 Å². The van der Waals surface area contributed by atoms with E-state index in [1.165, 1.54) is 6.92 Å². The molecule has 3 atom stereocenters. The maximum atomic E-state index is 12.9. The van der Waals surface area contributed by atoms with Gasteiger partial charge < -0.3 is 26.1 Å². The fraction of sp³-hybridized carbons (Fsp3) is 0.714. The van der Waals surface area contributed by atoms with Crippen LogP contribution in [0.25, 0.3) is 0 Å². The molecule has 0 aromatic heterocycles. The van der Waals surface area contributed by atoms with E-state index >= 15 is 0 Å². The van der Waals surface area contributed by atoms with Gasteiger partial charge in [0, 0.05) is 13.3 Å². The molecule has 0 unspecified atom stereocenters. The summed E-state index contributed by atoms with van der Waals surface area (Å²) in [5.74, 6) is -2.47. The third-order valence-corrected chi connectivity index (χ3v) is 4.81. The van der Waals surface area contributed by atoms with Gasteiger partial charge in [0.1, 0.15) is 18.1 Å². The van der Waals surface area contributed by atoms with Crippen molar-refractivity contribution in [3.05, 3.63) is 0 Å². The van der Waals surface area contributed by atoms with E-state index in [0.717, 1.165) is 12.8 Å². The number of amides is 3. The molecule has 0 spiro atoms. The van der Waals surface area contributed by atoms with Crippen molar-refractivity contribution in [1.29, 1.82) is 5.41 Å². The van der Waals surface area contributed by atoms with Crippen molar-refractivity contribution in [2.75, 3.05) is 6.61 Å². The summed E-state index contributed by atoms with van der Waals surface area (Å²) in [7, 11) is 0. The largest absolute Gasteiger partial charge is 0.464 e. The molecule has 4 N–H and O–H groups in total. The number of hydrogen-bond donors (Lipinski definition) is 4. The van der Waals surface area contributed by atoms with Crippen LogP contribution in [-0.2, 0) is 28.7 Å². The minimum atomic E-state index is -1.10. The van der Waals surface area contributed by atoms with Gasteiger partial charge >= 0.3 is 5.97 Å². The van der Waals surface area contributed by atoms with Crippen LogP contribution in [0.1, 0.15) is 59.8 Å². The quantitative estimate of drug-likeness (QED) is 0.228. The summed E-state index contributed by atoms with van der Waals surface area (Å²) in [4.78, 5) is 61.0. The highest BCUT2D eigenvalue weighted by atomic mass is 16.5. The second-order valence-corrected chi connectivity index (χ2v) is 8.17. The summed E-state index contributed by atoms with van der Waals surface area (Å²) in [5, 5.41) is 14.9. The van der Waals surface area contributed by atoms with Crippen molar-refractivity contribution >= 4 is 35.7 Å². The van der Waals surface area contributed by atoms with Gasteiger partial charge in [-0.3, -0.25) is 19.2 Å². The van der Waals surface area contributed by atoms with Gasteiger partial charge in [-0.15, -0.1) is 0 Å². The molecular formula is C21H34N4O6. The van der Waals surface area contributed by atoms with E-state index < -0.39 is 41.7 Å². The van der Waals surface area contributed by atoms with Gasteiger partial charge in [-0.25, -0.2) is 4.79 Å². The Morgan fingerprint density at radius 1 is 1.03 bits per heavy atom. The standard InChI is InChI=1S/C21H34N4O6/c1-5-31-21(30)18(14-6-7-14)25-19(28)16(9-8-15(27)11-22)24-20(29)17(10-12(2)3)23-13(4)26/h11-12,14,16-18,22H,5-10H2,1-4H3,(H,23,26)(H,24,29)(H,25,28)/t16-,17-,18-/m0/s1. The molecule has 1 fully saturated rings. The van der Waals surface area contributed by atoms with Crippen LogP contribution in [0, 0.1) is 17.2 Å². The van der Waals surface area contributed by atoms with Crippen LogP contribution >= 0.6 is 0 Å². The molecule has 0 bridgehead atoms. The van der Waals surface area contributed by atoms with Gasteiger partial charge in [0.05, 0.1) is 12.8 Å². The fourth-order valence-corrected chi connectivity index (χ4v) is 3.13. The summed E-state index contributed by atoms with van der Waals surface area (Å²) in [6.07, 6.45) is 2.43. The zero-order chi connectivity index (χ0) is 23.6. The van der Waals surface area contributed by atoms with Crippen LogP contribution in [0.4, 0.5) is 0 Å². The Morgan fingerprint density at radius 2 is 1.65 bits per heavy atom. The van der Waals surface area contributed by atoms with Crippen LogP contribution in [-0.4, -0.2) is 60.4 Å². The lowest BCUT2D eigenvalue weighted by Gasteiger charge is -2.25. The van der Waals surface area contributed by atoms with E-state index in [2.05, 4.69) is 16.0 Å². The predicted octanol–water partition coefficient (Wildman–Crippen LogP) is 0.479. The summed E-state index contributed by atoms with van der Waals surface area (Å²) in [5.41, 5.74) is 0. The highest BCUT2D eigenvalue weighted by Gasteiger charge is 2.39. The molecule has 174 valence electrons. The molecule has 0 aromatic rings. The van der Waals surface area contributed by atoms with Gasteiger partial charge in [-0.05, 0) is 44.4 Å². The van der Waals surface area contributed by atoms with E-state index in [1.54, 1.807) is 6.92 Å². The first-order valence-electron chi connectivity index (χ1n) is 10.7. The van der Waals surface area contributed by atoms with Crippen LogP contribution in [0.2, 0.25) is 0 Å². The SMILES string of the molecule is CCOC(=O)[C@@H](NC(=O)[C@H](CCC(=O)C=N)NC(=O)[C@H](CC(C)C)NC(C)=O)C1CC1. The van der Waals surface area contributed by atoms with E-state index in [9.17, 15) is 24.0 Å². The fourth-order valence-electron chi connectivity index (χ4n) is 3.13. The Balaban J connectivity index is 2.94. The third kappa shape index (κ3) is 9.71. The molecular weight excluding hydrogens is 404 g/mol. The van der Waals surface area contributed by atoms with Crippen LogP contribution in [0.15, 0.2) is 0 Å². The van der Waals surface area contributed by atoms with Crippen LogP contribution < -0.4 is 16.0 Å². The molecule has 10 nitrogen and oxygen atoms in total. The molecule has 0 radical (unpaired) electrons. The molecule has 1 aliphatic carbocycles. The lowest BCUT2D eigenvalue weighted by Crippen LogP contribution is -2.56. The van der Waals surface area contributed by atoms with E-state index in [0.29, 0.717) is 12.6 Å². The van der Waals surface area contributed by atoms with E-state index in [4.69, 9.17) is 10.1 Å². The molecule has 10 heteroatoms. The zero-order valence-electron chi connectivity index (χ0n) is 18.7. The van der Waals surface area contributed by atoms with E-state index in [-0.39, 0.29) is 37.2 Å². The van der Waals surface area contributed by atoms with Crippen molar-refractivity contribution in [2.24, 2.45) is 11.8 Å². The average molecular weight is 439 g/mol. The van der Waals surface area contributed by atoms with Crippen LogP contribution in [0.5, 0.6) is 0 Å². The normalized spacial score (nSPS) is 15.9. The molecule has 1 rings (SSSR count). The van der Waals surface area contributed by atoms with Crippen molar-refractivity contribution < 1.29 is 28.7 Å². The first-order chi connectivity index (χ1) is 14.6. The van der Waals surface area contributed by atoms with Gasteiger partial charge in [0.15, 0.2) is 5.78 Å². The number of carbonyl (C=O) groups excluding carboxylic acids is 5. The molecule has 0 heterocycles. The summed E-state index contributed by atoms with van der Waals surface area (Å²) in [6, 6.07) is -2.75. The maximum absolute atomic E-state index is 12.9. The maximum Gasteiger partial charge on any atom is 0.328 e. The molecule has 1 saturated carbocycles. The number of carbonyl (C=O) groups is 5. The van der Waals surface area contributed by atoms with Gasteiger partial charge in [0.2, 0.25) is 17.7 Å². The molecule has 0 aromatic carbocycles. The van der Waals surface area contributed by atoms with Crippen molar-refractivity contribution in [3.63, 3.8) is 0 Å². The lowest BCUT2D eigenvalue weighted by atomic mass is 10.0. The van der Waals surface area contributed by atoms with Gasteiger partial charge in [0.25, 0.3) is 0 Å². The number of Topliss-reactive ketones (excluding diaryl/α,β-unsaturated/α-hetero) is 1. The predicted molar refractivity (Wildman–Crippen MR) is 113 cm³/mol. The Labute approximate surface area is 182 Å². The molecule has 31 heavy (non-hydrogen) atoms. The monoisotopic (exact) mass is 438 g/mol. The number of ketones is 1. The highest BCUT2D eigenvalue weighted by molar-refractivity contribution is 6.26. The zero-order valence-corrected chi connectivity index (χ0v) is 18.7. The first-order valence-corrected chi connectivity index (χ1v) is 10.7.